The Bertz CT molecular complexity index is 61.5. The number of hydrogen-bond acceptors (Lipinski definition) is 1. The standard InChI is InChI=1S/C6H14FN/c1-6(2,8-3)4-5-7/h8H,4-5H2,1-3H3. The second-order valence-corrected chi connectivity index (χ2v) is 2.57. The normalized spacial score (nSPS) is 12.0. The smallest absolute Gasteiger partial charge is 0.0911 e. The van der Waals surface area contributed by atoms with Crippen molar-refractivity contribution in [3.05, 3.63) is 0 Å². The number of halogens is 1. The molecular formula is C6H14FN. The van der Waals surface area contributed by atoms with Crippen LogP contribution < -0.4 is 5.32 Å². The van der Waals surface area contributed by atoms with Crippen molar-refractivity contribution in [2.75, 3.05) is 13.7 Å². The summed E-state index contributed by atoms with van der Waals surface area (Å²) in [4.78, 5) is 0. The molecule has 0 aromatic heterocycles. The molecule has 0 aliphatic heterocycles. The van der Waals surface area contributed by atoms with E-state index in [0.717, 1.165) is 0 Å². The van der Waals surface area contributed by atoms with Crippen molar-refractivity contribution in [1.82, 2.24) is 5.32 Å². The molecule has 1 nitrogen and oxygen atoms in total. The monoisotopic (exact) mass is 119 g/mol. The predicted molar refractivity (Wildman–Crippen MR) is 33.7 cm³/mol. The van der Waals surface area contributed by atoms with Crippen molar-refractivity contribution in [3.63, 3.8) is 0 Å². The fraction of sp³-hybridized carbons (Fsp3) is 1.00. The van der Waals surface area contributed by atoms with Gasteiger partial charge in [-0.3, -0.25) is 4.39 Å². The van der Waals surface area contributed by atoms with Crippen LogP contribution in [0.25, 0.3) is 0 Å². The molecule has 0 aliphatic rings. The number of rotatable bonds is 3. The van der Waals surface area contributed by atoms with Crippen molar-refractivity contribution in [1.29, 1.82) is 0 Å². The van der Waals surface area contributed by atoms with Crippen molar-refractivity contribution < 1.29 is 4.39 Å². The molecule has 0 aliphatic carbocycles. The summed E-state index contributed by atoms with van der Waals surface area (Å²) in [5, 5.41) is 3.00. The molecule has 0 rings (SSSR count). The molecule has 0 radical (unpaired) electrons. The van der Waals surface area contributed by atoms with Crippen molar-refractivity contribution in [2.45, 2.75) is 25.8 Å². The minimum atomic E-state index is -0.242. The first kappa shape index (κ1) is 7.89. The molecule has 0 spiro atoms. The zero-order valence-electron chi connectivity index (χ0n) is 5.79. The maximum atomic E-state index is 11.6. The molecule has 1 N–H and O–H groups in total. The molecular weight excluding hydrogens is 105 g/mol. The Morgan fingerprint density at radius 2 is 2.00 bits per heavy atom. The van der Waals surface area contributed by atoms with Gasteiger partial charge in [0.1, 0.15) is 0 Å². The molecule has 0 amide bonds. The van der Waals surface area contributed by atoms with Gasteiger partial charge in [0.2, 0.25) is 0 Å². The summed E-state index contributed by atoms with van der Waals surface area (Å²) in [5.41, 5.74) is -0.0330. The van der Waals surface area contributed by atoms with Crippen molar-refractivity contribution in [3.8, 4) is 0 Å². The van der Waals surface area contributed by atoms with Gasteiger partial charge in [0, 0.05) is 5.54 Å². The largest absolute Gasteiger partial charge is 0.315 e. The van der Waals surface area contributed by atoms with E-state index in [1.165, 1.54) is 0 Å². The summed E-state index contributed by atoms with van der Waals surface area (Å²) >= 11 is 0. The van der Waals surface area contributed by atoms with E-state index in [1.54, 1.807) is 0 Å². The van der Waals surface area contributed by atoms with E-state index in [0.29, 0.717) is 6.42 Å². The Kier molecular flexibility index (Phi) is 2.98. The molecule has 8 heavy (non-hydrogen) atoms. The summed E-state index contributed by atoms with van der Waals surface area (Å²) in [5.74, 6) is 0. The molecule has 0 unspecified atom stereocenters. The fourth-order valence-corrected chi connectivity index (χ4v) is 0.361. The summed E-state index contributed by atoms with van der Waals surface area (Å²) in [6.07, 6.45) is 0.587. The SMILES string of the molecule is CNC(C)(C)CCF. The molecule has 50 valence electrons. The minimum absolute atomic E-state index is 0.0330. The highest BCUT2D eigenvalue weighted by Crippen LogP contribution is 2.05. The van der Waals surface area contributed by atoms with Crippen LogP contribution in [0.3, 0.4) is 0 Å². The second-order valence-electron chi connectivity index (χ2n) is 2.57. The third-order valence-electron chi connectivity index (χ3n) is 1.40. The van der Waals surface area contributed by atoms with E-state index >= 15 is 0 Å². The number of alkyl halides is 1. The van der Waals surface area contributed by atoms with Gasteiger partial charge in [-0.15, -0.1) is 0 Å². The lowest BCUT2D eigenvalue weighted by Crippen LogP contribution is -2.36. The lowest BCUT2D eigenvalue weighted by Gasteiger charge is -2.21. The molecule has 0 bridgehead atoms. The van der Waals surface area contributed by atoms with Crippen LogP contribution in [-0.4, -0.2) is 19.3 Å². The first-order chi connectivity index (χ1) is 3.62. The van der Waals surface area contributed by atoms with Crippen LogP contribution in [0.1, 0.15) is 20.3 Å². The first-order valence-electron chi connectivity index (χ1n) is 2.87. The lowest BCUT2D eigenvalue weighted by molar-refractivity contribution is 0.334. The van der Waals surface area contributed by atoms with Crippen LogP contribution in [0.2, 0.25) is 0 Å². The van der Waals surface area contributed by atoms with Gasteiger partial charge in [0.15, 0.2) is 0 Å². The maximum absolute atomic E-state index is 11.6. The summed E-state index contributed by atoms with van der Waals surface area (Å²) in [6, 6.07) is 0. The van der Waals surface area contributed by atoms with Crippen molar-refractivity contribution >= 4 is 0 Å². The number of hydrogen-bond donors (Lipinski definition) is 1. The highest BCUT2D eigenvalue weighted by atomic mass is 19.1. The van der Waals surface area contributed by atoms with Gasteiger partial charge in [-0.2, -0.15) is 0 Å². The van der Waals surface area contributed by atoms with Gasteiger partial charge in [-0.05, 0) is 27.3 Å². The van der Waals surface area contributed by atoms with Gasteiger partial charge in [-0.1, -0.05) is 0 Å². The molecule has 0 saturated heterocycles. The average molecular weight is 119 g/mol. The van der Waals surface area contributed by atoms with E-state index in [2.05, 4.69) is 5.32 Å². The van der Waals surface area contributed by atoms with Crippen LogP contribution in [0, 0.1) is 0 Å². The van der Waals surface area contributed by atoms with E-state index in [1.807, 2.05) is 20.9 Å². The Hall–Kier alpha value is -0.110. The van der Waals surface area contributed by atoms with Crippen LogP contribution in [0.4, 0.5) is 4.39 Å². The molecule has 0 aromatic carbocycles. The van der Waals surface area contributed by atoms with E-state index in [-0.39, 0.29) is 12.2 Å². The zero-order valence-corrected chi connectivity index (χ0v) is 5.79. The van der Waals surface area contributed by atoms with Crippen LogP contribution in [-0.2, 0) is 0 Å². The Morgan fingerprint density at radius 3 is 2.12 bits per heavy atom. The third-order valence-corrected chi connectivity index (χ3v) is 1.40. The van der Waals surface area contributed by atoms with Gasteiger partial charge in [0.05, 0.1) is 6.67 Å². The minimum Gasteiger partial charge on any atom is -0.315 e. The van der Waals surface area contributed by atoms with Gasteiger partial charge < -0.3 is 5.32 Å². The van der Waals surface area contributed by atoms with Crippen LogP contribution in [0.15, 0.2) is 0 Å². The predicted octanol–water partition coefficient (Wildman–Crippen LogP) is 1.34. The second kappa shape index (κ2) is 3.02. The molecule has 2 heteroatoms. The van der Waals surface area contributed by atoms with Gasteiger partial charge in [-0.25, -0.2) is 0 Å². The zero-order chi connectivity index (χ0) is 6.62. The topological polar surface area (TPSA) is 12.0 Å². The summed E-state index contributed by atoms with van der Waals surface area (Å²) < 4.78 is 11.6. The number of nitrogens with one attached hydrogen (secondary N) is 1. The van der Waals surface area contributed by atoms with Crippen molar-refractivity contribution in [2.24, 2.45) is 0 Å². The van der Waals surface area contributed by atoms with E-state index < -0.39 is 0 Å². The maximum Gasteiger partial charge on any atom is 0.0911 e. The summed E-state index contributed by atoms with van der Waals surface area (Å²) in [6.45, 7) is 3.72. The molecule has 0 aromatic rings. The highest BCUT2D eigenvalue weighted by molar-refractivity contribution is 4.73. The van der Waals surface area contributed by atoms with Gasteiger partial charge in [0.25, 0.3) is 0 Å². The van der Waals surface area contributed by atoms with E-state index in [4.69, 9.17) is 0 Å². The quantitative estimate of drug-likeness (QED) is 0.591. The molecule has 0 fully saturated rings. The Morgan fingerprint density at radius 1 is 1.50 bits per heavy atom. The Balaban J connectivity index is 3.37. The molecule has 0 heterocycles. The average Bonchev–Trinajstić information content (AvgIpc) is 1.67. The highest BCUT2D eigenvalue weighted by Gasteiger charge is 2.12. The molecule has 0 saturated carbocycles. The van der Waals surface area contributed by atoms with Crippen LogP contribution >= 0.6 is 0 Å². The molecule has 0 atom stereocenters. The van der Waals surface area contributed by atoms with E-state index in [9.17, 15) is 4.39 Å². The fourth-order valence-electron chi connectivity index (χ4n) is 0.361. The Labute approximate surface area is 50.3 Å². The van der Waals surface area contributed by atoms with Crippen LogP contribution in [0.5, 0.6) is 0 Å². The lowest BCUT2D eigenvalue weighted by atomic mass is 10.0. The first-order valence-corrected chi connectivity index (χ1v) is 2.87. The summed E-state index contributed by atoms with van der Waals surface area (Å²) in [7, 11) is 1.84. The van der Waals surface area contributed by atoms with Gasteiger partial charge >= 0.3 is 0 Å². The third kappa shape index (κ3) is 2.97.